The number of rotatable bonds is 6. The standard InChI is InChI=1S/C35H37FO3/c1-22-7-12-32(36)28(18-22)26-11-8-23(19-27(26)29-6-5-15-34(29,2)3)21-39-25-10-9-24-13-16-35(31(24)20-25)17-14-30(35)33(37)38-4/h6-12,18-20,30H,5,13-17,21H2,1-4H3/t30-,35+/m1/s1. The number of hydrogen-bond donors (Lipinski definition) is 0. The maximum atomic E-state index is 15.0. The van der Waals surface area contributed by atoms with Crippen molar-refractivity contribution >= 4 is 11.5 Å². The van der Waals surface area contributed by atoms with Crippen molar-refractivity contribution in [2.24, 2.45) is 11.3 Å². The summed E-state index contributed by atoms with van der Waals surface area (Å²) < 4.78 is 26.5. The number of halogens is 1. The van der Waals surface area contributed by atoms with Crippen LogP contribution in [0.2, 0.25) is 0 Å². The summed E-state index contributed by atoms with van der Waals surface area (Å²) in [7, 11) is 1.49. The summed E-state index contributed by atoms with van der Waals surface area (Å²) in [6.45, 7) is 6.96. The number of aryl methyl sites for hydroxylation is 2. The van der Waals surface area contributed by atoms with Crippen molar-refractivity contribution in [3.63, 3.8) is 0 Å². The molecule has 0 radical (unpaired) electrons. The first-order valence-corrected chi connectivity index (χ1v) is 14.2. The van der Waals surface area contributed by atoms with Gasteiger partial charge in [-0.1, -0.05) is 49.8 Å². The number of ether oxygens (including phenoxy) is 2. The van der Waals surface area contributed by atoms with Gasteiger partial charge in [-0.2, -0.15) is 0 Å². The Morgan fingerprint density at radius 2 is 1.82 bits per heavy atom. The number of allylic oxidation sites excluding steroid dienone is 2. The van der Waals surface area contributed by atoms with E-state index in [1.165, 1.54) is 23.8 Å². The molecule has 3 aliphatic rings. The minimum absolute atomic E-state index is 0.0295. The second-order valence-corrected chi connectivity index (χ2v) is 12.3. The predicted molar refractivity (Wildman–Crippen MR) is 153 cm³/mol. The molecule has 0 saturated heterocycles. The summed E-state index contributed by atoms with van der Waals surface area (Å²) in [5.41, 5.74) is 8.53. The van der Waals surface area contributed by atoms with Crippen LogP contribution in [-0.4, -0.2) is 13.1 Å². The lowest BCUT2D eigenvalue weighted by atomic mass is 9.57. The Bertz CT molecular complexity index is 1480. The van der Waals surface area contributed by atoms with Crippen LogP contribution in [0, 0.1) is 24.1 Å². The van der Waals surface area contributed by atoms with Crippen molar-refractivity contribution in [1.29, 1.82) is 0 Å². The molecule has 0 bridgehead atoms. The minimum Gasteiger partial charge on any atom is -0.489 e. The van der Waals surface area contributed by atoms with Gasteiger partial charge in [-0.3, -0.25) is 4.79 Å². The van der Waals surface area contributed by atoms with Crippen molar-refractivity contribution in [2.75, 3.05) is 7.11 Å². The smallest absolute Gasteiger partial charge is 0.309 e. The van der Waals surface area contributed by atoms with Gasteiger partial charge < -0.3 is 9.47 Å². The van der Waals surface area contributed by atoms with Gasteiger partial charge in [0.2, 0.25) is 0 Å². The van der Waals surface area contributed by atoms with Crippen molar-refractivity contribution in [3.05, 3.63) is 94.3 Å². The summed E-state index contributed by atoms with van der Waals surface area (Å²) in [5.74, 6) is 0.471. The zero-order chi connectivity index (χ0) is 27.4. The molecule has 3 aromatic rings. The number of carbonyl (C=O) groups is 1. The van der Waals surface area contributed by atoms with Crippen LogP contribution in [0.25, 0.3) is 16.7 Å². The molecule has 1 saturated carbocycles. The van der Waals surface area contributed by atoms with Gasteiger partial charge in [0.1, 0.15) is 18.2 Å². The molecule has 202 valence electrons. The van der Waals surface area contributed by atoms with Gasteiger partial charge >= 0.3 is 5.97 Å². The quantitative estimate of drug-likeness (QED) is 0.304. The topological polar surface area (TPSA) is 35.5 Å². The second kappa shape index (κ2) is 9.66. The van der Waals surface area contributed by atoms with E-state index in [9.17, 15) is 4.79 Å². The van der Waals surface area contributed by atoms with E-state index in [2.05, 4.69) is 44.2 Å². The van der Waals surface area contributed by atoms with Gasteiger partial charge in [-0.15, -0.1) is 0 Å². The molecule has 6 rings (SSSR count). The Labute approximate surface area is 231 Å². The van der Waals surface area contributed by atoms with E-state index in [1.807, 2.05) is 31.2 Å². The SMILES string of the molecule is COC(=O)[C@H]1CC[C@@]12CCc1ccc(OCc3ccc(-c4cc(C)ccc4F)c(C4=CCCC4(C)C)c3)cc12. The fourth-order valence-corrected chi connectivity index (χ4v) is 7.18. The largest absolute Gasteiger partial charge is 0.489 e. The first-order valence-electron chi connectivity index (χ1n) is 14.2. The number of fused-ring (bicyclic) bond motifs is 2. The number of methoxy groups -OCH3 is 1. The summed E-state index contributed by atoms with van der Waals surface area (Å²) in [4.78, 5) is 12.4. The molecule has 0 aliphatic heterocycles. The summed E-state index contributed by atoms with van der Waals surface area (Å²) in [6, 6.07) is 18.0. The molecule has 2 atom stereocenters. The second-order valence-electron chi connectivity index (χ2n) is 12.3. The predicted octanol–water partition coefficient (Wildman–Crippen LogP) is 8.35. The van der Waals surface area contributed by atoms with E-state index in [4.69, 9.17) is 9.47 Å². The van der Waals surface area contributed by atoms with Gasteiger partial charge in [0.05, 0.1) is 13.0 Å². The lowest BCUT2D eigenvalue weighted by Gasteiger charge is -2.46. The van der Waals surface area contributed by atoms with Crippen molar-refractivity contribution in [3.8, 4) is 16.9 Å². The molecular formula is C35H37FO3. The summed E-state index contributed by atoms with van der Waals surface area (Å²) >= 11 is 0. The lowest BCUT2D eigenvalue weighted by molar-refractivity contribution is -0.153. The molecule has 1 fully saturated rings. The van der Waals surface area contributed by atoms with E-state index < -0.39 is 0 Å². The van der Waals surface area contributed by atoms with Crippen LogP contribution in [0.4, 0.5) is 4.39 Å². The Kier molecular flexibility index (Phi) is 6.40. The highest BCUT2D eigenvalue weighted by atomic mass is 19.1. The average Bonchev–Trinajstić information content (AvgIpc) is 3.48. The highest BCUT2D eigenvalue weighted by Gasteiger charge is 2.55. The number of carbonyl (C=O) groups excluding carboxylic acids is 1. The normalized spacial score (nSPS) is 22.8. The minimum atomic E-state index is -0.199. The summed E-state index contributed by atoms with van der Waals surface area (Å²) in [5, 5.41) is 0. The maximum absolute atomic E-state index is 15.0. The molecule has 0 heterocycles. The van der Waals surface area contributed by atoms with Crippen molar-refractivity contribution < 1.29 is 18.7 Å². The van der Waals surface area contributed by atoms with Crippen LogP contribution < -0.4 is 4.74 Å². The first-order chi connectivity index (χ1) is 18.7. The molecule has 39 heavy (non-hydrogen) atoms. The highest BCUT2D eigenvalue weighted by molar-refractivity contribution is 5.85. The first kappa shape index (κ1) is 25.9. The third kappa shape index (κ3) is 4.38. The van der Waals surface area contributed by atoms with Crippen LogP contribution in [0.1, 0.15) is 73.8 Å². The Hall–Kier alpha value is -3.40. The molecule has 3 nitrogen and oxygen atoms in total. The zero-order valence-electron chi connectivity index (χ0n) is 23.4. The Morgan fingerprint density at radius 3 is 2.54 bits per heavy atom. The van der Waals surface area contributed by atoms with Crippen molar-refractivity contribution in [1.82, 2.24) is 0 Å². The fraction of sp³-hybridized carbons (Fsp3) is 0.400. The van der Waals surface area contributed by atoms with Crippen LogP contribution >= 0.6 is 0 Å². The van der Waals surface area contributed by atoms with Gasteiger partial charge in [-0.05, 0) is 115 Å². The molecule has 0 amide bonds. The van der Waals surface area contributed by atoms with E-state index >= 15 is 4.39 Å². The molecular weight excluding hydrogens is 487 g/mol. The third-order valence-electron chi connectivity index (χ3n) is 9.53. The summed E-state index contributed by atoms with van der Waals surface area (Å²) in [6.07, 6.45) is 8.33. The van der Waals surface area contributed by atoms with Gasteiger partial charge in [0, 0.05) is 11.0 Å². The van der Waals surface area contributed by atoms with Gasteiger partial charge in [0.25, 0.3) is 0 Å². The van der Waals surface area contributed by atoms with Gasteiger partial charge in [0.15, 0.2) is 0 Å². The average molecular weight is 525 g/mol. The molecule has 0 unspecified atom stereocenters. The van der Waals surface area contributed by atoms with Crippen LogP contribution in [0.5, 0.6) is 5.75 Å². The van der Waals surface area contributed by atoms with E-state index in [1.54, 1.807) is 6.07 Å². The molecule has 3 aromatic carbocycles. The van der Waals surface area contributed by atoms with Crippen LogP contribution in [0.3, 0.4) is 0 Å². The zero-order valence-corrected chi connectivity index (χ0v) is 23.4. The number of hydrogen-bond acceptors (Lipinski definition) is 3. The highest BCUT2D eigenvalue weighted by Crippen LogP contribution is 2.57. The fourth-order valence-electron chi connectivity index (χ4n) is 7.18. The van der Waals surface area contributed by atoms with E-state index in [-0.39, 0.29) is 28.5 Å². The van der Waals surface area contributed by atoms with Crippen LogP contribution in [0.15, 0.2) is 60.7 Å². The molecule has 0 aromatic heterocycles. The monoisotopic (exact) mass is 524 g/mol. The Balaban J connectivity index is 1.30. The lowest BCUT2D eigenvalue weighted by Crippen LogP contribution is -2.47. The number of esters is 1. The van der Waals surface area contributed by atoms with Gasteiger partial charge in [-0.25, -0.2) is 4.39 Å². The number of benzene rings is 3. The molecule has 0 N–H and O–H groups in total. The molecule has 1 spiro atoms. The van der Waals surface area contributed by atoms with Crippen molar-refractivity contribution in [2.45, 2.75) is 71.3 Å². The van der Waals surface area contributed by atoms with E-state index in [0.29, 0.717) is 12.2 Å². The third-order valence-corrected chi connectivity index (χ3v) is 9.53. The molecule has 3 aliphatic carbocycles. The molecule has 4 heteroatoms. The Morgan fingerprint density at radius 1 is 0.974 bits per heavy atom. The van der Waals surface area contributed by atoms with Crippen LogP contribution in [-0.2, 0) is 28.0 Å². The maximum Gasteiger partial charge on any atom is 0.309 e. The van der Waals surface area contributed by atoms with E-state index in [0.717, 1.165) is 66.5 Å².